The molecule has 0 bridgehead atoms. The molecule has 0 aromatic carbocycles. The minimum atomic E-state index is -4.32. The summed E-state index contributed by atoms with van der Waals surface area (Å²) in [6.45, 7) is 3.92. The number of Topliss-reactive ketones (excluding diaryl/α,β-unsaturated/α-hetero) is 1. The molecule has 0 fully saturated rings. The summed E-state index contributed by atoms with van der Waals surface area (Å²) in [5, 5.41) is 7.17. The van der Waals surface area contributed by atoms with Crippen molar-refractivity contribution in [3.63, 3.8) is 0 Å². The van der Waals surface area contributed by atoms with E-state index in [1.165, 1.54) is 13.0 Å². The Balaban J connectivity index is 2.09. The second kappa shape index (κ2) is 6.77. The number of ketones is 1. The van der Waals surface area contributed by atoms with Gasteiger partial charge in [0.25, 0.3) is 0 Å². The van der Waals surface area contributed by atoms with Gasteiger partial charge in [-0.15, -0.1) is 5.10 Å². The first-order chi connectivity index (χ1) is 10.7. The zero-order chi connectivity index (χ0) is 17.2. The van der Waals surface area contributed by atoms with Crippen molar-refractivity contribution in [2.75, 3.05) is 5.75 Å². The molecule has 23 heavy (non-hydrogen) atoms. The molecule has 0 aliphatic carbocycles. The molecule has 2 heterocycles. The van der Waals surface area contributed by atoms with E-state index >= 15 is 0 Å². The van der Waals surface area contributed by atoms with Gasteiger partial charge in [-0.1, -0.05) is 18.7 Å². The molecule has 0 saturated heterocycles. The number of aromatic nitrogens is 4. The van der Waals surface area contributed by atoms with Crippen molar-refractivity contribution in [1.29, 1.82) is 0 Å². The third kappa shape index (κ3) is 4.37. The van der Waals surface area contributed by atoms with Crippen molar-refractivity contribution in [3.05, 3.63) is 28.8 Å². The Morgan fingerprint density at radius 1 is 1.39 bits per heavy atom. The van der Waals surface area contributed by atoms with Gasteiger partial charge in [-0.2, -0.15) is 13.2 Å². The molecular formula is C14H17F3N4OS. The quantitative estimate of drug-likeness (QED) is 0.644. The lowest BCUT2D eigenvalue weighted by Gasteiger charge is -2.12. The van der Waals surface area contributed by atoms with Crippen LogP contribution < -0.4 is 0 Å². The third-order valence-corrected chi connectivity index (χ3v) is 4.24. The van der Waals surface area contributed by atoms with Gasteiger partial charge >= 0.3 is 6.18 Å². The number of thioether (sulfide) groups is 1. The van der Waals surface area contributed by atoms with Gasteiger partial charge in [0.15, 0.2) is 5.78 Å². The zero-order valence-electron chi connectivity index (χ0n) is 13.0. The number of carbonyl (C=O) groups is 1. The maximum absolute atomic E-state index is 12.6. The van der Waals surface area contributed by atoms with Crippen LogP contribution in [0.2, 0.25) is 0 Å². The van der Waals surface area contributed by atoms with Gasteiger partial charge in [0.2, 0.25) is 5.16 Å². The van der Waals surface area contributed by atoms with E-state index in [1.54, 1.807) is 6.92 Å². The average Bonchev–Trinajstić information content (AvgIpc) is 3.03. The van der Waals surface area contributed by atoms with Crippen LogP contribution in [0.3, 0.4) is 0 Å². The van der Waals surface area contributed by atoms with Crippen molar-refractivity contribution in [1.82, 2.24) is 19.7 Å². The van der Waals surface area contributed by atoms with Crippen LogP contribution in [0.5, 0.6) is 0 Å². The van der Waals surface area contributed by atoms with E-state index in [-0.39, 0.29) is 11.5 Å². The molecule has 0 atom stereocenters. The Labute approximate surface area is 135 Å². The smallest absolute Gasteiger partial charge is 0.339 e. The molecular weight excluding hydrogens is 329 g/mol. The highest BCUT2D eigenvalue weighted by Gasteiger charge is 2.30. The summed E-state index contributed by atoms with van der Waals surface area (Å²) in [7, 11) is 0. The van der Waals surface area contributed by atoms with Crippen LogP contribution in [0, 0.1) is 13.8 Å². The lowest BCUT2D eigenvalue weighted by atomic mass is 10.2. The number of aromatic amines is 1. The van der Waals surface area contributed by atoms with Crippen molar-refractivity contribution in [2.24, 2.45) is 0 Å². The molecule has 0 saturated carbocycles. The SMILES string of the molecule is CCc1nc(SCC(=O)c2cc(C)n(CC(F)(F)F)c2C)n[nH]1. The number of nitrogens with zero attached hydrogens (tertiary/aromatic N) is 3. The number of H-pyrrole nitrogens is 1. The number of alkyl halides is 3. The normalized spacial score (nSPS) is 11.9. The summed E-state index contributed by atoms with van der Waals surface area (Å²) in [5.41, 5.74) is 1.06. The maximum atomic E-state index is 12.6. The molecule has 2 aromatic heterocycles. The average molecular weight is 346 g/mol. The molecule has 0 radical (unpaired) electrons. The molecule has 5 nitrogen and oxygen atoms in total. The molecule has 2 rings (SSSR count). The fraction of sp³-hybridized carbons (Fsp3) is 0.500. The first kappa shape index (κ1) is 17.6. The number of rotatable bonds is 6. The van der Waals surface area contributed by atoms with Crippen LogP contribution in [0.1, 0.15) is 34.5 Å². The van der Waals surface area contributed by atoms with E-state index in [0.29, 0.717) is 28.5 Å². The Morgan fingerprint density at radius 2 is 2.09 bits per heavy atom. The van der Waals surface area contributed by atoms with Gasteiger partial charge in [-0.25, -0.2) is 4.98 Å². The highest BCUT2D eigenvalue weighted by Crippen LogP contribution is 2.24. The second-order valence-electron chi connectivity index (χ2n) is 5.12. The fourth-order valence-corrected chi connectivity index (χ4v) is 2.91. The molecule has 0 aliphatic rings. The van der Waals surface area contributed by atoms with Gasteiger partial charge in [0.05, 0.1) is 5.75 Å². The fourth-order valence-electron chi connectivity index (χ4n) is 2.21. The Hall–Kier alpha value is -1.77. The van der Waals surface area contributed by atoms with Crippen molar-refractivity contribution in [3.8, 4) is 0 Å². The first-order valence-corrected chi connectivity index (χ1v) is 8.00. The number of aryl methyl sites for hydroxylation is 2. The summed E-state index contributed by atoms with van der Waals surface area (Å²) in [6.07, 6.45) is -3.61. The monoisotopic (exact) mass is 346 g/mol. The van der Waals surface area contributed by atoms with E-state index in [0.717, 1.165) is 22.2 Å². The van der Waals surface area contributed by atoms with Crippen LogP contribution in [0.4, 0.5) is 13.2 Å². The molecule has 0 unspecified atom stereocenters. The molecule has 0 spiro atoms. The van der Waals surface area contributed by atoms with Gasteiger partial charge in [0.1, 0.15) is 12.4 Å². The van der Waals surface area contributed by atoms with Crippen LogP contribution in [-0.4, -0.2) is 37.5 Å². The largest absolute Gasteiger partial charge is 0.406 e. The molecule has 0 amide bonds. The topological polar surface area (TPSA) is 63.6 Å². The molecule has 0 aliphatic heterocycles. The number of nitrogens with one attached hydrogen (secondary N) is 1. The standard InChI is InChI=1S/C14H17F3N4OS/c1-4-12-18-13(20-19-12)23-6-11(22)10-5-8(2)21(9(10)3)7-14(15,16)17/h5H,4,6-7H2,1-3H3,(H,18,19,20). The van der Waals surface area contributed by atoms with Gasteiger partial charge in [-0.3, -0.25) is 9.89 Å². The predicted molar refractivity (Wildman–Crippen MR) is 80.8 cm³/mol. The highest BCUT2D eigenvalue weighted by molar-refractivity contribution is 7.99. The molecule has 9 heteroatoms. The Bertz CT molecular complexity index is 705. The number of hydrogen-bond acceptors (Lipinski definition) is 4. The van der Waals surface area contributed by atoms with E-state index in [4.69, 9.17) is 0 Å². The summed E-state index contributed by atoms with van der Waals surface area (Å²) in [4.78, 5) is 16.4. The lowest BCUT2D eigenvalue weighted by molar-refractivity contribution is -0.141. The van der Waals surface area contributed by atoms with Crippen molar-refractivity contribution < 1.29 is 18.0 Å². The summed E-state index contributed by atoms with van der Waals surface area (Å²) in [6, 6.07) is 1.50. The van der Waals surface area contributed by atoms with Crippen LogP contribution in [-0.2, 0) is 13.0 Å². The summed E-state index contributed by atoms with van der Waals surface area (Å²) >= 11 is 1.16. The molecule has 2 aromatic rings. The van der Waals surface area contributed by atoms with Crippen molar-refractivity contribution in [2.45, 2.75) is 45.1 Å². The van der Waals surface area contributed by atoms with Crippen LogP contribution in [0.25, 0.3) is 0 Å². The number of carbonyl (C=O) groups excluding carboxylic acids is 1. The summed E-state index contributed by atoms with van der Waals surface area (Å²) in [5.74, 6) is 0.569. The number of hydrogen-bond donors (Lipinski definition) is 1. The minimum absolute atomic E-state index is 0.0807. The lowest BCUT2D eigenvalue weighted by Crippen LogP contribution is -2.19. The summed E-state index contributed by atoms with van der Waals surface area (Å²) < 4.78 is 38.9. The highest BCUT2D eigenvalue weighted by atomic mass is 32.2. The Kier molecular flexibility index (Phi) is 5.18. The molecule has 126 valence electrons. The van der Waals surface area contributed by atoms with Gasteiger partial charge < -0.3 is 4.57 Å². The van der Waals surface area contributed by atoms with Crippen LogP contribution in [0.15, 0.2) is 11.2 Å². The second-order valence-corrected chi connectivity index (χ2v) is 6.06. The van der Waals surface area contributed by atoms with E-state index in [9.17, 15) is 18.0 Å². The minimum Gasteiger partial charge on any atom is -0.339 e. The third-order valence-electron chi connectivity index (χ3n) is 3.39. The van der Waals surface area contributed by atoms with Gasteiger partial charge in [-0.05, 0) is 19.9 Å². The zero-order valence-corrected chi connectivity index (χ0v) is 13.8. The van der Waals surface area contributed by atoms with E-state index < -0.39 is 12.7 Å². The number of halogens is 3. The predicted octanol–water partition coefficient (Wildman–Crippen LogP) is 3.32. The van der Waals surface area contributed by atoms with Gasteiger partial charge in [0, 0.05) is 23.4 Å². The molecule has 1 N–H and O–H groups in total. The van der Waals surface area contributed by atoms with Crippen LogP contribution >= 0.6 is 11.8 Å². The first-order valence-electron chi connectivity index (χ1n) is 7.02. The maximum Gasteiger partial charge on any atom is 0.406 e. The van der Waals surface area contributed by atoms with E-state index in [2.05, 4.69) is 15.2 Å². The Morgan fingerprint density at radius 3 is 2.65 bits per heavy atom. The van der Waals surface area contributed by atoms with Crippen molar-refractivity contribution >= 4 is 17.5 Å². The van der Waals surface area contributed by atoms with E-state index in [1.807, 2.05) is 6.92 Å².